The van der Waals surface area contributed by atoms with Gasteiger partial charge in [0.25, 0.3) is 0 Å². The molecule has 208 valence electrons. The summed E-state index contributed by atoms with van der Waals surface area (Å²) in [6.07, 6.45) is 3.47. The molecule has 0 bridgehead atoms. The fourth-order valence-electron chi connectivity index (χ4n) is 5.12. The van der Waals surface area contributed by atoms with E-state index in [4.69, 9.17) is 30.0 Å². The van der Waals surface area contributed by atoms with E-state index in [0.29, 0.717) is 44.3 Å². The molecule has 0 radical (unpaired) electrons. The van der Waals surface area contributed by atoms with Gasteiger partial charge in [0, 0.05) is 44.0 Å². The minimum absolute atomic E-state index is 0.0478. The molecule has 5 rings (SSSR count). The van der Waals surface area contributed by atoms with Crippen LogP contribution in [0.15, 0.2) is 30.5 Å². The Labute approximate surface area is 225 Å². The molecule has 1 unspecified atom stereocenters. The molecule has 4 N–H and O–H groups in total. The van der Waals surface area contributed by atoms with E-state index >= 15 is 0 Å². The lowest BCUT2D eigenvalue weighted by Gasteiger charge is -2.33. The molecule has 2 aliphatic rings. The Balaban J connectivity index is 1.46. The summed E-state index contributed by atoms with van der Waals surface area (Å²) in [5.74, 6) is 0.551. The summed E-state index contributed by atoms with van der Waals surface area (Å²) in [4.78, 5) is 37.1. The van der Waals surface area contributed by atoms with Gasteiger partial charge in [-0.1, -0.05) is 0 Å². The van der Waals surface area contributed by atoms with Gasteiger partial charge in [-0.05, 0) is 44.0 Å². The number of urea groups is 1. The molecule has 3 aromatic rings. The third kappa shape index (κ3) is 6.27. The van der Waals surface area contributed by atoms with E-state index < -0.39 is 12.0 Å². The van der Waals surface area contributed by atoms with Crippen molar-refractivity contribution in [3.8, 4) is 11.4 Å². The minimum Gasteiger partial charge on any atom is -0.480 e. The number of hydrogen-bond acceptors (Lipinski definition) is 9. The first kappa shape index (κ1) is 26.8. The van der Waals surface area contributed by atoms with Crippen molar-refractivity contribution in [2.24, 2.45) is 0 Å². The Morgan fingerprint density at radius 1 is 1.13 bits per heavy atom. The van der Waals surface area contributed by atoms with E-state index in [0.717, 1.165) is 35.3 Å². The van der Waals surface area contributed by atoms with E-state index in [1.807, 2.05) is 34.8 Å². The van der Waals surface area contributed by atoms with E-state index in [1.165, 1.54) is 0 Å². The van der Waals surface area contributed by atoms with Crippen LogP contribution >= 0.6 is 0 Å². The molecule has 2 aliphatic heterocycles. The van der Waals surface area contributed by atoms with Crippen LogP contribution < -0.4 is 15.5 Å². The van der Waals surface area contributed by atoms with Gasteiger partial charge in [-0.15, -0.1) is 0 Å². The summed E-state index contributed by atoms with van der Waals surface area (Å²) in [5, 5.41) is 28.9. The van der Waals surface area contributed by atoms with Crippen molar-refractivity contribution in [2.75, 3.05) is 62.7 Å². The lowest BCUT2D eigenvalue weighted by atomic mass is 10.1. The Morgan fingerprint density at radius 2 is 1.90 bits per heavy atom. The van der Waals surface area contributed by atoms with Crippen LogP contribution in [0.1, 0.15) is 25.8 Å². The van der Waals surface area contributed by atoms with Crippen LogP contribution in [-0.4, -0.2) is 105 Å². The van der Waals surface area contributed by atoms with Gasteiger partial charge in [0.1, 0.15) is 5.82 Å². The first-order valence-electron chi connectivity index (χ1n) is 13.2. The number of likely N-dealkylation sites (tertiary alicyclic amines) is 1. The van der Waals surface area contributed by atoms with Crippen molar-refractivity contribution in [1.29, 1.82) is 0 Å². The van der Waals surface area contributed by atoms with Crippen LogP contribution in [0.3, 0.4) is 0 Å². The number of amides is 2. The lowest BCUT2D eigenvalue weighted by Crippen LogP contribution is -2.41. The first-order valence-corrected chi connectivity index (χ1v) is 13.2. The number of rotatable bonds is 8. The number of carboxylic acids is 1. The Hall–Kier alpha value is -3.81. The zero-order valence-electron chi connectivity index (χ0n) is 21.9. The van der Waals surface area contributed by atoms with Crippen molar-refractivity contribution >= 4 is 34.5 Å². The van der Waals surface area contributed by atoms with Crippen molar-refractivity contribution in [1.82, 2.24) is 30.0 Å². The Morgan fingerprint density at radius 3 is 2.59 bits per heavy atom. The van der Waals surface area contributed by atoms with Gasteiger partial charge in [-0.2, -0.15) is 5.10 Å². The molecule has 0 spiro atoms. The van der Waals surface area contributed by atoms with Crippen LogP contribution in [0.25, 0.3) is 22.4 Å². The Bertz CT molecular complexity index is 1310. The summed E-state index contributed by atoms with van der Waals surface area (Å²) >= 11 is 0. The number of carboxylic acid groups (broad SMARTS) is 1. The van der Waals surface area contributed by atoms with Crippen molar-refractivity contribution in [2.45, 2.75) is 31.9 Å². The molecule has 2 fully saturated rings. The van der Waals surface area contributed by atoms with Gasteiger partial charge in [-0.3, -0.25) is 9.69 Å². The van der Waals surface area contributed by atoms with Gasteiger partial charge in [0.15, 0.2) is 11.5 Å². The largest absolute Gasteiger partial charge is 0.480 e. The van der Waals surface area contributed by atoms with Crippen molar-refractivity contribution < 1.29 is 24.5 Å². The summed E-state index contributed by atoms with van der Waals surface area (Å²) in [7, 11) is 0. The van der Waals surface area contributed by atoms with Crippen molar-refractivity contribution in [3.05, 3.63) is 30.5 Å². The molecule has 1 atom stereocenters. The predicted molar refractivity (Wildman–Crippen MR) is 145 cm³/mol. The summed E-state index contributed by atoms with van der Waals surface area (Å²) < 4.78 is 7.72. The monoisotopic (exact) mass is 538 g/mol. The number of morpholine rings is 1. The zero-order chi connectivity index (χ0) is 27.4. The number of benzene rings is 1. The van der Waals surface area contributed by atoms with Crippen LogP contribution in [0.2, 0.25) is 0 Å². The normalized spacial score (nSPS) is 18.8. The van der Waals surface area contributed by atoms with Gasteiger partial charge < -0.3 is 30.5 Å². The quantitative estimate of drug-likeness (QED) is 0.332. The maximum Gasteiger partial charge on any atom is 0.319 e. The molecule has 0 aliphatic carbocycles. The number of carbonyl (C=O) groups excluding carboxylic acids is 1. The molecule has 2 amide bonds. The number of fused-ring (bicyclic) bond motifs is 1. The molecule has 39 heavy (non-hydrogen) atoms. The van der Waals surface area contributed by atoms with Crippen LogP contribution in [0.5, 0.6) is 0 Å². The maximum atomic E-state index is 11.9. The van der Waals surface area contributed by atoms with Crippen molar-refractivity contribution in [3.63, 3.8) is 0 Å². The summed E-state index contributed by atoms with van der Waals surface area (Å²) in [5.41, 5.74) is 2.15. The van der Waals surface area contributed by atoms with Gasteiger partial charge in [-0.25, -0.2) is 19.4 Å². The highest BCUT2D eigenvalue weighted by molar-refractivity contribution is 5.90. The molecule has 13 heteroatoms. The SMILES string of the molecule is CC1CN(c2nc(-c3ccc(NC(=O)NCCO)cc3)nc3c2cnn3C2CCN(CC(=O)O)CC2)CCO1. The fourth-order valence-corrected chi connectivity index (χ4v) is 5.12. The molecule has 4 heterocycles. The number of ether oxygens (including phenoxy) is 1. The second-order valence-corrected chi connectivity index (χ2v) is 9.91. The van der Waals surface area contributed by atoms with E-state index in [1.54, 1.807) is 12.1 Å². The molecule has 0 saturated carbocycles. The number of anilines is 2. The lowest BCUT2D eigenvalue weighted by molar-refractivity contribution is -0.138. The predicted octanol–water partition coefficient (Wildman–Crippen LogP) is 1.55. The topological polar surface area (TPSA) is 158 Å². The molecule has 2 saturated heterocycles. The Kier molecular flexibility index (Phi) is 8.19. The number of aliphatic hydroxyl groups excluding tert-OH is 1. The second-order valence-electron chi connectivity index (χ2n) is 9.91. The highest BCUT2D eigenvalue weighted by Crippen LogP contribution is 2.32. The molecular weight excluding hydrogens is 504 g/mol. The number of nitrogens with zero attached hydrogens (tertiary/aromatic N) is 6. The highest BCUT2D eigenvalue weighted by Gasteiger charge is 2.27. The minimum atomic E-state index is -0.813. The zero-order valence-corrected chi connectivity index (χ0v) is 21.9. The standard InChI is InChI=1S/C26H34N8O5/c1-17-15-33(11-13-39-17)24-21-14-28-34(20-6-9-32(10-7-20)16-22(36)37)25(21)31-23(30-24)18-2-4-19(5-3-18)29-26(38)27-8-12-35/h2-5,14,17,20,35H,6-13,15-16H2,1H3,(H,36,37)(H2,27,29,38). The van der Waals surface area contributed by atoms with Gasteiger partial charge >= 0.3 is 12.0 Å². The third-order valence-electron chi connectivity index (χ3n) is 7.03. The summed E-state index contributed by atoms with van der Waals surface area (Å²) in [6.45, 7) is 5.53. The average Bonchev–Trinajstić information content (AvgIpc) is 3.36. The molecule has 2 aromatic heterocycles. The third-order valence-corrected chi connectivity index (χ3v) is 7.03. The number of nitrogens with one attached hydrogen (secondary N) is 2. The van der Waals surface area contributed by atoms with Crippen LogP contribution in [0, 0.1) is 0 Å². The number of piperidine rings is 1. The number of aliphatic carboxylic acids is 1. The van der Waals surface area contributed by atoms with Gasteiger partial charge in [0.05, 0.1) is 43.5 Å². The number of hydrogen-bond donors (Lipinski definition) is 4. The number of carbonyl (C=O) groups is 2. The highest BCUT2D eigenvalue weighted by atomic mass is 16.5. The maximum absolute atomic E-state index is 11.9. The molecule has 1 aromatic carbocycles. The average molecular weight is 539 g/mol. The smallest absolute Gasteiger partial charge is 0.319 e. The number of aliphatic hydroxyl groups is 1. The second kappa shape index (κ2) is 11.9. The number of aromatic nitrogens is 4. The first-order chi connectivity index (χ1) is 18.9. The van der Waals surface area contributed by atoms with Crippen LogP contribution in [-0.2, 0) is 9.53 Å². The van der Waals surface area contributed by atoms with E-state index in [9.17, 15) is 9.59 Å². The summed E-state index contributed by atoms with van der Waals surface area (Å²) in [6, 6.07) is 7.01. The molecule has 13 nitrogen and oxygen atoms in total. The molecular formula is C26H34N8O5. The van der Waals surface area contributed by atoms with E-state index in [2.05, 4.69) is 15.5 Å². The van der Waals surface area contributed by atoms with E-state index in [-0.39, 0.29) is 31.8 Å². The van der Waals surface area contributed by atoms with Gasteiger partial charge in [0.2, 0.25) is 0 Å². The fraction of sp³-hybridized carbons (Fsp3) is 0.500. The van der Waals surface area contributed by atoms with Crippen LogP contribution in [0.4, 0.5) is 16.3 Å².